The van der Waals surface area contributed by atoms with Crippen molar-refractivity contribution in [2.75, 3.05) is 6.54 Å². The van der Waals surface area contributed by atoms with Gasteiger partial charge >= 0.3 is 0 Å². The third kappa shape index (κ3) is 4.97. The van der Waals surface area contributed by atoms with Crippen molar-refractivity contribution in [1.29, 1.82) is 0 Å². The van der Waals surface area contributed by atoms with Crippen LogP contribution < -0.4 is 10.6 Å². The molecule has 1 aliphatic rings. The van der Waals surface area contributed by atoms with E-state index in [0.717, 1.165) is 19.3 Å². The summed E-state index contributed by atoms with van der Waals surface area (Å²) in [6, 6.07) is 0.0812. The Hall–Kier alpha value is -0.565. The van der Waals surface area contributed by atoms with Crippen LogP contribution in [0.2, 0.25) is 0 Å². The van der Waals surface area contributed by atoms with Crippen LogP contribution in [0.25, 0.3) is 0 Å². The van der Waals surface area contributed by atoms with Crippen molar-refractivity contribution < 1.29 is 9.59 Å². The lowest BCUT2D eigenvalue weighted by Gasteiger charge is -2.47. The summed E-state index contributed by atoms with van der Waals surface area (Å²) < 4.78 is 0. The van der Waals surface area contributed by atoms with Crippen LogP contribution in [-0.2, 0) is 0 Å². The predicted molar refractivity (Wildman–Crippen MR) is 76.9 cm³/mol. The maximum absolute atomic E-state index is 11.0. The Labute approximate surface area is 113 Å². The molecule has 0 aromatic rings. The Morgan fingerprint density at radius 1 is 1.33 bits per heavy atom. The smallest absolute Gasteiger partial charge is 0.234 e. The van der Waals surface area contributed by atoms with Crippen molar-refractivity contribution in [3.63, 3.8) is 0 Å². The maximum Gasteiger partial charge on any atom is 0.234 e. The molecule has 3 unspecified atom stereocenters. The molecule has 1 fully saturated rings. The molecule has 0 bridgehead atoms. The van der Waals surface area contributed by atoms with Gasteiger partial charge < -0.3 is 10.6 Å². The van der Waals surface area contributed by atoms with Gasteiger partial charge in [0.05, 0.1) is 0 Å². The first-order valence-corrected chi connectivity index (χ1v) is 6.79. The highest BCUT2D eigenvalue weighted by atomic mass is 31.0. The van der Waals surface area contributed by atoms with Gasteiger partial charge in [0.1, 0.15) is 0 Å². The van der Waals surface area contributed by atoms with Crippen LogP contribution in [0.3, 0.4) is 0 Å². The molecule has 2 radical (unpaired) electrons. The molecule has 0 saturated heterocycles. The van der Waals surface area contributed by atoms with Crippen molar-refractivity contribution in [2.24, 2.45) is 10.8 Å². The van der Waals surface area contributed by atoms with E-state index >= 15 is 0 Å². The van der Waals surface area contributed by atoms with Gasteiger partial charge in [-0.1, -0.05) is 20.8 Å². The van der Waals surface area contributed by atoms with Crippen LogP contribution in [0, 0.1) is 10.8 Å². The average molecular weight is 268 g/mol. The number of rotatable bonds is 3. The molecule has 0 aliphatic heterocycles. The van der Waals surface area contributed by atoms with Gasteiger partial charge in [-0.15, -0.1) is 0 Å². The van der Waals surface area contributed by atoms with Gasteiger partial charge in [-0.25, -0.2) is 0 Å². The van der Waals surface area contributed by atoms with Crippen LogP contribution in [0.5, 0.6) is 0 Å². The second-order valence-electron chi connectivity index (χ2n) is 6.48. The molecule has 6 heteroatoms. The number of nitrogens with one attached hydrogen (secondary N) is 2. The van der Waals surface area contributed by atoms with Crippen molar-refractivity contribution in [2.45, 2.75) is 46.1 Å². The number of carbonyl (C=O) groups excluding carboxylic acids is 2. The summed E-state index contributed by atoms with van der Waals surface area (Å²) in [5, 5.41) is 5.65. The molecule has 0 aromatic heterocycles. The minimum absolute atomic E-state index is 0.0128. The topological polar surface area (TPSA) is 58.2 Å². The predicted octanol–water partition coefficient (Wildman–Crippen LogP) is 2.03. The largest absolute Gasteiger partial charge is 0.363 e. The van der Waals surface area contributed by atoms with Gasteiger partial charge in [-0.05, 0) is 39.3 Å². The first-order chi connectivity index (χ1) is 8.12. The van der Waals surface area contributed by atoms with E-state index in [2.05, 4.69) is 40.6 Å². The van der Waals surface area contributed by atoms with Gasteiger partial charge in [0.25, 0.3) is 0 Å². The SMILES string of the molecule is [B]C(=O)NC1CC(C)(C)CC(C)(CNC(=O)P)C1. The molecule has 2 N–H and O–H groups in total. The van der Waals surface area contributed by atoms with Crippen LogP contribution in [-0.4, -0.2) is 31.9 Å². The molecule has 2 amide bonds. The van der Waals surface area contributed by atoms with Crippen molar-refractivity contribution >= 4 is 28.5 Å². The van der Waals surface area contributed by atoms with E-state index in [9.17, 15) is 9.59 Å². The zero-order valence-electron chi connectivity index (χ0n) is 11.4. The summed E-state index contributed by atoms with van der Waals surface area (Å²) in [6.07, 6.45) is 2.77. The van der Waals surface area contributed by atoms with Crippen LogP contribution in [0.1, 0.15) is 40.0 Å². The minimum Gasteiger partial charge on any atom is -0.363 e. The van der Waals surface area contributed by atoms with E-state index in [1.807, 2.05) is 0 Å². The number of hydrogen-bond acceptors (Lipinski definition) is 2. The van der Waals surface area contributed by atoms with Gasteiger partial charge in [0.2, 0.25) is 13.5 Å². The molecule has 0 spiro atoms. The molecule has 1 rings (SSSR count). The normalized spacial score (nSPS) is 30.6. The summed E-state index contributed by atoms with van der Waals surface area (Å²) >= 11 is 0. The maximum atomic E-state index is 11.0. The van der Waals surface area contributed by atoms with E-state index in [4.69, 9.17) is 7.85 Å². The zero-order chi connectivity index (χ0) is 14.0. The molecule has 18 heavy (non-hydrogen) atoms. The first-order valence-electron chi connectivity index (χ1n) is 6.21. The van der Waals surface area contributed by atoms with Crippen LogP contribution >= 0.6 is 9.24 Å². The first kappa shape index (κ1) is 15.5. The highest BCUT2D eigenvalue weighted by Gasteiger charge is 2.41. The summed E-state index contributed by atoms with van der Waals surface area (Å²) in [4.78, 5) is 22.0. The van der Waals surface area contributed by atoms with Crippen LogP contribution in [0.4, 0.5) is 9.59 Å². The molecule has 1 saturated carbocycles. The quantitative estimate of drug-likeness (QED) is 0.607. The molecule has 0 aromatic carbocycles. The summed E-state index contributed by atoms with van der Waals surface area (Å²) in [7, 11) is 7.32. The molecular formula is C12H22BN2O2P. The lowest BCUT2D eigenvalue weighted by molar-refractivity contribution is 0.0771. The second-order valence-corrected chi connectivity index (χ2v) is 7.01. The molecule has 0 heterocycles. The fraction of sp³-hybridized carbons (Fsp3) is 0.833. The summed E-state index contributed by atoms with van der Waals surface area (Å²) in [5.74, 6) is -0.477. The van der Waals surface area contributed by atoms with E-state index in [1.54, 1.807) is 0 Å². The lowest BCUT2D eigenvalue weighted by atomic mass is 9.62. The van der Waals surface area contributed by atoms with Crippen LogP contribution in [0.15, 0.2) is 0 Å². The van der Waals surface area contributed by atoms with Crippen molar-refractivity contribution in [1.82, 2.24) is 10.6 Å². The third-order valence-electron chi connectivity index (χ3n) is 3.48. The Morgan fingerprint density at radius 2 is 1.94 bits per heavy atom. The third-order valence-corrected chi connectivity index (χ3v) is 3.68. The number of amides is 2. The van der Waals surface area contributed by atoms with E-state index < -0.39 is 5.81 Å². The van der Waals surface area contributed by atoms with Gasteiger partial charge in [-0.3, -0.25) is 9.59 Å². The standard InChI is InChI=1S/C12H22BN2O2P/c1-11(2)4-8(15-9(13)16)5-12(3,6-11)7-14-10(17)18/h8H,4-7,18H2,1-3H3,(H,14,17)(H,15,16). The van der Waals surface area contributed by atoms with Gasteiger partial charge in [-0.2, -0.15) is 0 Å². The van der Waals surface area contributed by atoms with Crippen molar-refractivity contribution in [3.8, 4) is 0 Å². The molecule has 4 nitrogen and oxygen atoms in total. The van der Waals surface area contributed by atoms with Gasteiger partial charge in [0, 0.05) is 12.6 Å². The average Bonchev–Trinajstić information content (AvgIpc) is 2.10. The summed E-state index contributed by atoms with van der Waals surface area (Å²) in [5.41, 5.74) is 0.0197. The number of carbonyl (C=O) groups is 2. The Kier molecular flexibility index (Phi) is 4.82. The fourth-order valence-corrected chi connectivity index (χ4v) is 3.47. The molecule has 1 aliphatic carbocycles. The van der Waals surface area contributed by atoms with E-state index in [1.165, 1.54) is 0 Å². The minimum atomic E-state index is -0.477. The van der Waals surface area contributed by atoms with Gasteiger partial charge in [0.15, 0.2) is 5.81 Å². The molecular weight excluding hydrogens is 246 g/mol. The Morgan fingerprint density at radius 3 is 2.44 bits per heavy atom. The molecule has 100 valence electrons. The molecule has 3 atom stereocenters. The highest BCUT2D eigenvalue weighted by molar-refractivity contribution is 7.39. The summed E-state index contributed by atoms with van der Waals surface area (Å²) in [6.45, 7) is 7.13. The monoisotopic (exact) mass is 268 g/mol. The highest BCUT2D eigenvalue weighted by Crippen LogP contribution is 2.45. The van der Waals surface area contributed by atoms with E-state index in [0.29, 0.717) is 6.54 Å². The fourth-order valence-electron chi connectivity index (χ4n) is 3.37. The van der Waals surface area contributed by atoms with E-state index in [-0.39, 0.29) is 22.5 Å². The zero-order valence-corrected chi connectivity index (χ0v) is 12.5. The number of hydrogen-bond donors (Lipinski definition) is 2. The Balaban J connectivity index is 2.72. The second kappa shape index (κ2) is 5.60. The Bertz CT molecular complexity index is 349. The van der Waals surface area contributed by atoms with Crippen molar-refractivity contribution in [3.05, 3.63) is 0 Å². The lowest BCUT2D eigenvalue weighted by Crippen LogP contribution is -2.49.